The van der Waals surface area contributed by atoms with Gasteiger partial charge in [-0.05, 0) is 17.5 Å². The average Bonchev–Trinajstić information content (AvgIpc) is 2.92. The summed E-state index contributed by atoms with van der Waals surface area (Å²) in [7, 11) is 1.54. The van der Waals surface area contributed by atoms with Crippen molar-refractivity contribution in [2.75, 3.05) is 13.7 Å². The molecule has 1 heterocycles. The first-order valence-electron chi connectivity index (χ1n) is 7.18. The highest BCUT2D eigenvalue weighted by molar-refractivity contribution is 5.85. The number of benzene rings is 1. The number of hydrogen-bond acceptors (Lipinski definition) is 3. The molecule has 1 aromatic rings. The van der Waals surface area contributed by atoms with Crippen molar-refractivity contribution in [2.45, 2.75) is 38.3 Å². The third-order valence-corrected chi connectivity index (χ3v) is 3.99. The highest BCUT2D eigenvalue weighted by Gasteiger charge is 2.39. The summed E-state index contributed by atoms with van der Waals surface area (Å²) in [5.74, 6) is -1.13. The van der Waals surface area contributed by atoms with E-state index in [1.54, 1.807) is 7.11 Å². The highest BCUT2D eigenvalue weighted by atomic mass is 16.5. The van der Waals surface area contributed by atoms with Gasteiger partial charge in [-0.2, -0.15) is 0 Å². The van der Waals surface area contributed by atoms with E-state index in [9.17, 15) is 14.7 Å². The number of hydrogen-bond donors (Lipinski definition) is 1. The molecule has 1 aromatic carbocycles. The molecule has 0 radical (unpaired) electrons. The van der Waals surface area contributed by atoms with E-state index < -0.39 is 12.0 Å². The van der Waals surface area contributed by atoms with Crippen LogP contribution in [0.5, 0.6) is 0 Å². The van der Waals surface area contributed by atoms with Crippen molar-refractivity contribution in [1.29, 1.82) is 0 Å². The number of carboxylic acid groups (broad SMARTS) is 1. The molecule has 0 saturated carbocycles. The largest absolute Gasteiger partial charge is 0.480 e. The Morgan fingerprint density at radius 3 is 2.43 bits per heavy atom. The Kier molecular flexibility index (Phi) is 4.96. The molecule has 1 aliphatic heterocycles. The molecule has 0 aliphatic carbocycles. The van der Waals surface area contributed by atoms with Gasteiger partial charge in [0.25, 0.3) is 0 Å². The van der Waals surface area contributed by atoms with E-state index in [1.807, 2.05) is 24.3 Å². The van der Waals surface area contributed by atoms with Crippen LogP contribution in [0.4, 0.5) is 0 Å². The third kappa shape index (κ3) is 3.61. The summed E-state index contributed by atoms with van der Waals surface area (Å²) in [6.07, 6.45) is 1.34. The predicted molar refractivity (Wildman–Crippen MR) is 78.1 cm³/mol. The minimum absolute atomic E-state index is 0.161. The molecular weight excluding hydrogens is 270 g/mol. The minimum Gasteiger partial charge on any atom is -0.480 e. The van der Waals surface area contributed by atoms with Gasteiger partial charge in [0.2, 0.25) is 5.91 Å². The van der Waals surface area contributed by atoms with Crippen LogP contribution in [-0.4, -0.2) is 47.7 Å². The number of likely N-dealkylation sites (tertiary alicyclic amines) is 1. The molecule has 1 saturated heterocycles. The summed E-state index contributed by atoms with van der Waals surface area (Å²) in [5, 5.41) is 9.23. The van der Waals surface area contributed by atoms with Gasteiger partial charge in [-0.1, -0.05) is 31.2 Å². The molecule has 2 unspecified atom stereocenters. The summed E-state index contributed by atoms with van der Waals surface area (Å²) < 4.78 is 5.20. The molecule has 1 N–H and O–H groups in total. The molecule has 21 heavy (non-hydrogen) atoms. The van der Waals surface area contributed by atoms with Gasteiger partial charge in [0.15, 0.2) is 0 Å². The lowest BCUT2D eigenvalue weighted by atomic mass is 10.1. The first-order chi connectivity index (χ1) is 10.0. The van der Waals surface area contributed by atoms with E-state index in [1.165, 1.54) is 10.5 Å². The van der Waals surface area contributed by atoms with Crippen molar-refractivity contribution >= 4 is 11.9 Å². The second kappa shape index (κ2) is 6.72. The van der Waals surface area contributed by atoms with E-state index in [2.05, 4.69) is 6.92 Å². The van der Waals surface area contributed by atoms with Crippen molar-refractivity contribution in [2.24, 2.45) is 0 Å². The molecule has 1 amide bonds. The van der Waals surface area contributed by atoms with Crippen molar-refractivity contribution in [3.05, 3.63) is 35.4 Å². The number of nitrogens with zero attached hydrogens (tertiary/aromatic N) is 1. The van der Waals surface area contributed by atoms with Gasteiger partial charge in [0.1, 0.15) is 6.04 Å². The number of aliphatic carboxylic acids is 1. The van der Waals surface area contributed by atoms with Crippen LogP contribution in [0.15, 0.2) is 24.3 Å². The fourth-order valence-corrected chi connectivity index (χ4v) is 2.65. The number of carboxylic acids is 1. The van der Waals surface area contributed by atoms with E-state index in [0.717, 1.165) is 12.0 Å². The maximum atomic E-state index is 12.4. The highest BCUT2D eigenvalue weighted by Crippen LogP contribution is 2.21. The Labute approximate surface area is 124 Å². The number of carbonyl (C=O) groups excluding carboxylic acids is 1. The number of aryl methyl sites for hydroxylation is 1. The Bertz CT molecular complexity index is 512. The van der Waals surface area contributed by atoms with Crippen molar-refractivity contribution in [3.63, 3.8) is 0 Å². The quantitative estimate of drug-likeness (QED) is 0.892. The summed E-state index contributed by atoms with van der Waals surface area (Å²) in [4.78, 5) is 25.0. The number of rotatable bonds is 5. The van der Waals surface area contributed by atoms with Gasteiger partial charge in [-0.25, -0.2) is 4.79 Å². The van der Waals surface area contributed by atoms with Gasteiger partial charge >= 0.3 is 5.97 Å². The topological polar surface area (TPSA) is 66.8 Å². The zero-order valence-corrected chi connectivity index (χ0v) is 12.4. The number of carbonyl (C=O) groups is 2. The summed E-state index contributed by atoms with van der Waals surface area (Å²) in [5.41, 5.74) is 2.12. The fourth-order valence-electron chi connectivity index (χ4n) is 2.65. The Hall–Kier alpha value is -1.88. The second-order valence-electron chi connectivity index (χ2n) is 5.34. The predicted octanol–water partition coefficient (Wildman–Crippen LogP) is 1.49. The molecule has 2 rings (SSSR count). The van der Waals surface area contributed by atoms with E-state index in [-0.39, 0.29) is 18.4 Å². The van der Waals surface area contributed by atoms with Crippen molar-refractivity contribution in [3.8, 4) is 0 Å². The molecular formula is C16H21NO4. The van der Waals surface area contributed by atoms with Gasteiger partial charge in [0.05, 0.1) is 12.5 Å². The molecule has 0 bridgehead atoms. The first-order valence-corrected chi connectivity index (χ1v) is 7.18. The molecule has 0 aromatic heterocycles. The maximum Gasteiger partial charge on any atom is 0.326 e. The zero-order chi connectivity index (χ0) is 15.4. The van der Waals surface area contributed by atoms with Crippen molar-refractivity contribution < 1.29 is 19.4 Å². The van der Waals surface area contributed by atoms with Crippen LogP contribution in [0.25, 0.3) is 0 Å². The van der Waals surface area contributed by atoms with Gasteiger partial charge < -0.3 is 14.7 Å². The normalized spacial score (nSPS) is 21.5. The van der Waals surface area contributed by atoms with Crippen LogP contribution in [0.1, 0.15) is 24.5 Å². The minimum atomic E-state index is -0.968. The van der Waals surface area contributed by atoms with Crippen LogP contribution in [0.2, 0.25) is 0 Å². The van der Waals surface area contributed by atoms with Crippen LogP contribution in [0.3, 0.4) is 0 Å². The Morgan fingerprint density at radius 2 is 1.90 bits per heavy atom. The van der Waals surface area contributed by atoms with Gasteiger partial charge in [0, 0.05) is 20.1 Å². The van der Waals surface area contributed by atoms with E-state index in [4.69, 9.17) is 4.74 Å². The fraction of sp³-hybridized carbons (Fsp3) is 0.500. The lowest BCUT2D eigenvalue weighted by Crippen LogP contribution is -2.41. The summed E-state index contributed by atoms with van der Waals surface area (Å²) in [6, 6.07) is 7.07. The van der Waals surface area contributed by atoms with Gasteiger partial charge in [-0.3, -0.25) is 4.79 Å². The lowest BCUT2D eigenvalue weighted by molar-refractivity contribution is -0.148. The molecule has 2 atom stereocenters. The number of methoxy groups -OCH3 is 1. The van der Waals surface area contributed by atoms with E-state index in [0.29, 0.717) is 13.0 Å². The molecule has 1 fully saturated rings. The van der Waals surface area contributed by atoms with Crippen LogP contribution in [-0.2, 0) is 27.2 Å². The van der Waals surface area contributed by atoms with E-state index >= 15 is 0 Å². The second-order valence-corrected chi connectivity index (χ2v) is 5.34. The van der Waals surface area contributed by atoms with Crippen LogP contribution in [0, 0.1) is 0 Å². The Balaban J connectivity index is 2.05. The third-order valence-electron chi connectivity index (χ3n) is 3.99. The maximum absolute atomic E-state index is 12.4. The lowest BCUT2D eigenvalue weighted by Gasteiger charge is -2.21. The number of ether oxygens (including phenoxy) is 1. The number of amides is 1. The van der Waals surface area contributed by atoms with Crippen molar-refractivity contribution in [1.82, 2.24) is 4.90 Å². The summed E-state index contributed by atoms with van der Waals surface area (Å²) in [6.45, 7) is 2.42. The monoisotopic (exact) mass is 291 g/mol. The van der Waals surface area contributed by atoms with Crippen LogP contribution >= 0.6 is 0 Å². The SMILES string of the molecule is CCc1ccc(CC(=O)N2CC(OC)CC2C(=O)O)cc1. The summed E-state index contributed by atoms with van der Waals surface area (Å²) >= 11 is 0. The standard InChI is InChI=1S/C16H21NO4/c1-3-11-4-6-12(7-5-11)8-15(18)17-10-13(21-2)9-14(17)16(19)20/h4-7,13-14H,3,8-10H2,1-2H3,(H,19,20). The van der Waals surface area contributed by atoms with Crippen LogP contribution < -0.4 is 0 Å². The van der Waals surface area contributed by atoms with Gasteiger partial charge in [-0.15, -0.1) is 0 Å². The molecule has 5 nitrogen and oxygen atoms in total. The molecule has 0 spiro atoms. The molecule has 114 valence electrons. The average molecular weight is 291 g/mol. The zero-order valence-electron chi connectivity index (χ0n) is 12.4. The smallest absolute Gasteiger partial charge is 0.326 e. The molecule has 5 heteroatoms. The molecule has 1 aliphatic rings. The first kappa shape index (κ1) is 15.5. The Morgan fingerprint density at radius 1 is 1.29 bits per heavy atom.